The van der Waals surface area contributed by atoms with Gasteiger partial charge in [-0.05, 0) is 24.5 Å². The van der Waals surface area contributed by atoms with Crippen molar-refractivity contribution in [3.63, 3.8) is 0 Å². The van der Waals surface area contributed by atoms with Gasteiger partial charge in [0.15, 0.2) is 0 Å². The molecule has 0 atom stereocenters. The highest BCUT2D eigenvalue weighted by atomic mass is 15.0. The Morgan fingerprint density at radius 2 is 2.20 bits per heavy atom. The van der Waals surface area contributed by atoms with Gasteiger partial charge in [-0.15, -0.1) is 0 Å². The van der Waals surface area contributed by atoms with Crippen molar-refractivity contribution < 1.29 is 0 Å². The van der Waals surface area contributed by atoms with Gasteiger partial charge in [-0.3, -0.25) is 0 Å². The summed E-state index contributed by atoms with van der Waals surface area (Å²) in [5.74, 6) is 0.635. The quantitative estimate of drug-likeness (QED) is 0.829. The van der Waals surface area contributed by atoms with Gasteiger partial charge < -0.3 is 10.1 Å². The van der Waals surface area contributed by atoms with Crippen LogP contribution >= 0.6 is 0 Å². The topological polar surface area (TPSA) is 43.3 Å². The van der Waals surface area contributed by atoms with E-state index < -0.39 is 0 Å². The SMILES string of the molecule is CC(C)Cc1cn2c(CN)cccc2n1. The summed E-state index contributed by atoms with van der Waals surface area (Å²) in [6, 6.07) is 6.06. The second-order valence-corrected chi connectivity index (χ2v) is 4.28. The van der Waals surface area contributed by atoms with Crippen LogP contribution in [0.4, 0.5) is 0 Å². The molecule has 2 aromatic heterocycles. The summed E-state index contributed by atoms with van der Waals surface area (Å²) >= 11 is 0. The molecule has 2 heterocycles. The molecular weight excluding hydrogens is 186 g/mol. The largest absolute Gasteiger partial charge is 0.325 e. The second kappa shape index (κ2) is 4.03. The molecule has 80 valence electrons. The highest BCUT2D eigenvalue weighted by Crippen LogP contribution is 2.11. The zero-order valence-corrected chi connectivity index (χ0v) is 9.27. The summed E-state index contributed by atoms with van der Waals surface area (Å²) in [5, 5.41) is 0. The van der Waals surface area contributed by atoms with Crippen LogP contribution in [0.3, 0.4) is 0 Å². The Bertz CT molecular complexity index is 457. The number of pyridine rings is 1. The maximum atomic E-state index is 5.68. The molecule has 2 N–H and O–H groups in total. The zero-order valence-electron chi connectivity index (χ0n) is 9.27. The van der Waals surface area contributed by atoms with Gasteiger partial charge in [0.1, 0.15) is 5.65 Å². The van der Waals surface area contributed by atoms with Crippen LogP contribution in [0.2, 0.25) is 0 Å². The molecular formula is C12H17N3. The molecule has 0 aliphatic rings. The van der Waals surface area contributed by atoms with Crippen molar-refractivity contribution in [3.05, 3.63) is 35.8 Å². The van der Waals surface area contributed by atoms with Gasteiger partial charge in [0.2, 0.25) is 0 Å². The summed E-state index contributed by atoms with van der Waals surface area (Å²) < 4.78 is 2.08. The van der Waals surface area contributed by atoms with Gasteiger partial charge in [-0.1, -0.05) is 19.9 Å². The maximum absolute atomic E-state index is 5.68. The Morgan fingerprint density at radius 3 is 2.87 bits per heavy atom. The minimum atomic E-state index is 0.550. The molecule has 3 heteroatoms. The van der Waals surface area contributed by atoms with E-state index in [1.807, 2.05) is 18.2 Å². The number of fused-ring (bicyclic) bond motifs is 1. The van der Waals surface area contributed by atoms with E-state index in [1.54, 1.807) is 0 Å². The maximum Gasteiger partial charge on any atom is 0.137 e. The lowest BCUT2D eigenvalue weighted by Gasteiger charge is -2.00. The van der Waals surface area contributed by atoms with Gasteiger partial charge in [0.05, 0.1) is 5.69 Å². The molecule has 2 rings (SSSR count). The van der Waals surface area contributed by atoms with E-state index in [9.17, 15) is 0 Å². The van der Waals surface area contributed by atoms with E-state index in [1.165, 1.54) is 0 Å². The Morgan fingerprint density at radius 1 is 1.40 bits per heavy atom. The number of nitrogens with zero attached hydrogens (tertiary/aromatic N) is 2. The highest BCUT2D eigenvalue weighted by molar-refractivity contribution is 5.41. The summed E-state index contributed by atoms with van der Waals surface area (Å²) in [6.07, 6.45) is 3.11. The van der Waals surface area contributed by atoms with E-state index in [-0.39, 0.29) is 0 Å². The number of hydrogen-bond acceptors (Lipinski definition) is 2. The number of rotatable bonds is 3. The fourth-order valence-corrected chi connectivity index (χ4v) is 1.80. The molecule has 0 aromatic carbocycles. The van der Waals surface area contributed by atoms with E-state index >= 15 is 0 Å². The lowest BCUT2D eigenvalue weighted by Crippen LogP contribution is -2.02. The Hall–Kier alpha value is -1.35. The normalized spacial score (nSPS) is 11.5. The molecule has 0 fully saturated rings. The number of imidazole rings is 1. The second-order valence-electron chi connectivity index (χ2n) is 4.28. The van der Waals surface area contributed by atoms with Crippen molar-refractivity contribution in [2.45, 2.75) is 26.8 Å². The molecule has 15 heavy (non-hydrogen) atoms. The van der Waals surface area contributed by atoms with Crippen LogP contribution in [0.15, 0.2) is 24.4 Å². The van der Waals surface area contributed by atoms with E-state index in [2.05, 4.69) is 29.4 Å². The van der Waals surface area contributed by atoms with Gasteiger partial charge in [0, 0.05) is 18.4 Å². The fourth-order valence-electron chi connectivity index (χ4n) is 1.80. The van der Waals surface area contributed by atoms with Gasteiger partial charge >= 0.3 is 0 Å². The van der Waals surface area contributed by atoms with E-state index in [0.717, 1.165) is 23.5 Å². The first-order valence-electron chi connectivity index (χ1n) is 5.36. The lowest BCUT2D eigenvalue weighted by atomic mass is 10.1. The Balaban J connectivity index is 2.45. The van der Waals surface area contributed by atoms with Crippen molar-refractivity contribution in [1.29, 1.82) is 0 Å². The van der Waals surface area contributed by atoms with Crippen molar-refractivity contribution in [3.8, 4) is 0 Å². The van der Waals surface area contributed by atoms with Crippen LogP contribution in [-0.2, 0) is 13.0 Å². The third-order valence-corrected chi connectivity index (χ3v) is 2.45. The van der Waals surface area contributed by atoms with Crippen molar-refractivity contribution in [2.75, 3.05) is 0 Å². The first kappa shape index (κ1) is 10.2. The third kappa shape index (κ3) is 2.02. The minimum absolute atomic E-state index is 0.550. The number of hydrogen-bond donors (Lipinski definition) is 1. The highest BCUT2D eigenvalue weighted by Gasteiger charge is 2.05. The van der Waals surface area contributed by atoms with Crippen LogP contribution in [0.5, 0.6) is 0 Å². The molecule has 0 saturated carbocycles. The molecule has 3 nitrogen and oxygen atoms in total. The Kier molecular flexibility index (Phi) is 2.73. The van der Waals surface area contributed by atoms with Crippen LogP contribution in [-0.4, -0.2) is 9.38 Å². The van der Waals surface area contributed by atoms with Crippen LogP contribution in [0.25, 0.3) is 5.65 Å². The molecule has 0 aliphatic heterocycles. The van der Waals surface area contributed by atoms with Crippen molar-refractivity contribution in [2.24, 2.45) is 11.7 Å². The van der Waals surface area contributed by atoms with E-state index in [4.69, 9.17) is 5.73 Å². The average Bonchev–Trinajstić information content (AvgIpc) is 2.58. The molecule has 0 spiro atoms. The third-order valence-electron chi connectivity index (χ3n) is 2.45. The predicted molar refractivity (Wildman–Crippen MR) is 61.6 cm³/mol. The van der Waals surface area contributed by atoms with Gasteiger partial charge in [-0.2, -0.15) is 0 Å². The minimum Gasteiger partial charge on any atom is -0.325 e. The average molecular weight is 203 g/mol. The molecule has 0 bridgehead atoms. The molecule has 0 amide bonds. The van der Waals surface area contributed by atoms with Crippen LogP contribution < -0.4 is 5.73 Å². The fraction of sp³-hybridized carbons (Fsp3) is 0.417. The first-order valence-corrected chi connectivity index (χ1v) is 5.36. The molecule has 0 unspecified atom stereocenters. The molecule has 0 aliphatic carbocycles. The van der Waals surface area contributed by atoms with Crippen LogP contribution in [0.1, 0.15) is 25.2 Å². The van der Waals surface area contributed by atoms with Gasteiger partial charge in [-0.25, -0.2) is 4.98 Å². The standard InChI is InChI=1S/C12H17N3/c1-9(2)6-10-8-15-11(7-13)4-3-5-12(15)14-10/h3-5,8-9H,6-7,13H2,1-2H3. The predicted octanol–water partition coefficient (Wildman–Crippen LogP) is 1.99. The summed E-state index contributed by atoms with van der Waals surface area (Å²) in [5.41, 5.74) is 8.92. The van der Waals surface area contributed by atoms with Crippen molar-refractivity contribution >= 4 is 5.65 Å². The van der Waals surface area contributed by atoms with E-state index in [0.29, 0.717) is 12.5 Å². The lowest BCUT2D eigenvalue weighted by molar-refractivity contribution is 0.638. The number of aromatic nitrogens is 2. The molecule has 0 radical (unpaired) electrons. The summed E-state index contributed by atoms with van der Waals surface area (Å²) in [7, 11) is 0. The smallest absolute Gasteiger partial charge is 0.137 e. The van der Waals surface area contributed by atoms with Gasteiger partial charge in [0.25, 0.3) is 0 Å². The monoisotopic (exact) mass is 203 g/mol. The Labute approximate surface area is 89.9 Å². The molecule has 2 aromatic rings. The molecule has 0 saturated heterocycles. The summed E-state index contributed by atoms with van der Waals surface area (Å²) in [6.45, 7) is 4.95. The van der Waals surface area contributed by atoms with Crippen molar-refractivity contribution in [1.82, 2.24) is 9.38 Å². The first-order chi connectivity index (χ1) is 7.20. The zero-order chi connectivity index (χ0) is 10.8. The number of nitrogens with two attached hydrogens (primary N) is 1. The van der Waals surface area contributed by atoms with Crippen LogP contribution in [0, 0.1) is 5.92 Å². The summed E-state index contributed by atoms with van der Waals surface area (Å²) in [4.78, 5) is 4.57.